The van der Waals surface area contributed by atoms with Gasteiger partial charge in [0.2, 0.25) is 15.9 Å². The summed E-state index contributed by atoms with van der Waals surface area (Å²) < 4.78 is 29.0. The number of likely N-dealkylation sites (N-methyl/N-ethyl adjacent to an activating group) is 1. The van der Waals surface area contributed by atoms with Gasteiger partial charge in [-0.3, -0.25) is 4.79 Å². The molecule has 174 valence electrons. The van der Waals surface area contributed by atoms with Crippen LogP contribution in [-0.2, 0) is 14.8 Å². The van der Waals surface area contributed by atoms with Crippen molar-refractivity contribution in [3.05, 3.63) is 17.8 Å². The van der Waals surface area contributed by atoms with Gasteiger partial charge in [-0.05, 0) is 71.4 Å². The van der Waals surface area contributed by atoms with Crippen LogP contribution in [-0.4, -0.2) is 67.3 Å². The maximum Gasteiger partial charge on any atom is 0.247 e. The molecule has 8 heteroatoms. The van der Waals surface area contributed by atoms with Crippen molar-refractivity contribution in [2.75, 3.05) is 31.6 Å². The first-order chi connectivity index (χ1) is 14.7. The van der Waals surface area contributed by atoms with E-state index in [1.165, 1.54) is 17.1 Å². The minimum atomic E-state index is -3.85. The molecule has 1 aromatic heterocycles. The summed E-state index contributed by atoms with van der Waals surface area (Å²) in [5.41, 5.74) is 0.776. The maximum atomic E-state index is 13.8. The van der Waals surface area contributed by atoms with Crippen molar-refractivity contribution in [1.29, 1.82) is 0 Å². The summed E-state index contributed by atoms with van der Waals surface area (Å²) >= 11 is 0. The summed E-state index contributed by atoms with van der Waals surface area (Å²) in [6.07, 6.45) is 6.04. The predicted molar refractivity (Wildman–Crippen MR) is 124 cm³/mol. The summed E-state index contributed by atoms with van der Waals surface area (Å²) in [4.78, 5) is 21.8. The van der Waals surface area contributed by atoms with Crippen LogP contribution in [0.2, 0.25) is 0 Å². The Hall–Kier alpha value is -1.67. The highest BCUT2D eigenvalue weighted by molar-refractivity contribution is 7.89. The first-order valence-corrected chi connectivity index (χ1v) is 13.1. The van der Waals surface area contributed by atoms with Crippen LogP contribution in [0.4, 0.5) is 5.82 Å². The van der Waals surface area contributed by atoms with E-state index in [9.17, 15) is 13.2 Å². The lowest BCUT2D eigenvalue weighted by Gasteiger charge is -2.32. The summed E-state index contributed by atoms with van der Waals surface area (Å²) in [5.74, 6) is 0.943. The van der Waals surface area contributed by atoms with Gasteiger partial charge < -0.3 is 9.80 Å². The van der Waals surface area contributed by atoms with Gasteiger partial charge in [0.05, 0.1) is 0 Å². The van der Waals surface area contributed by atoms with Crippen LogP contribution in [0.15, 0.2) is 17.0 Å². The number of anilines is 1. The lowest BCUT2D eigenvalue weighted by Crippen LogP contribution is -2.47. The molecule has 1 saturated carbocycles. The molecule has 2 aliphatic rings. The van der Waals surface area contributed by atoms with Crippen molar-refractivity contribution >= 4 is 21.7 Å². The van der Waals surface area contributed by atoms with Crippen LogP contribution < -0.4 is 4.90 Å². The van der Waals surface area contributed by atoms with Crippen LogP contribution in [0.5, 0.6) is 0 Å². The average Bonchev–Trinajstić information content (AvgIpc) is 3.39. The smallest absolute Gasteiger partial charge is 0.247 e. The number of carbonyl (C=O) groups excluding carboxylic acids is 1. The molecule has 31 heavy (non-hydrogen) atoms. The molecule has 7 nitrogen and oxygen atoms in total. The lowest BCUT2D eigenvalue weighted by molar-refractivity contribution is -0.133. The first kappa shape index (κ1) is 24.0. The molecular weight excluding hydrogens is 412 g/mol. The number of aryl methyl sites for hydroxylation is 1. The molecule has 0 unspecified atom stereocenters. The molecule has 2 heterocycles. The van der Waals surface area contributed by atoms with Crippen molar-refractivity contribution in [1.82, 2.24) is 14.2 Å². The van der Waals surface area contributed by atoms with E-state index >= 15 is 0 Å². The van der Waals surface area contributed by atoms with Crippen LogP contribution in [0.1, 0.15) is 65.0 Å². The molecule has 3 rings (SSSR count). The molecule has 1 atom stereocenters. The van der Waals surface area contributed by atoms with E-state index in [2.05, 4.69) is 4.98 Å². The Balaban J connectivity index is 1.89. The Morgan fingerprint density at radius 1 is 1.19 bits per heavy atom. The normalized spacial score (nSPS) is 20.5. The lowest BCUT2D eigenvalue weighted by atomic mass is 10.1. The highest BCUT2D eigenvalue weighted by Crippen LogP contribution is 2.33. The van der Waals surface area contributed by atoms with Gasteiger partial charge in [-0.1, -0.05) is 12.8 Å². The molecule has 1 saturated heterocycles. The molecule has 1 aliphatic heterocycles. The summed E-state index contributed by atoms with van der Waals surface area (Å²) in [6, 6.07) is 2.88. The van der Waals surface area contributed by atoms with E-state index in [-0.39, 0.29) is 16.8 Å². The van der Waals surface area contributed by atoms with Gasteiger partial charge in [0.25, 0.3) is 0 Å². The third-order valence-electron chi connectivity index (χ3n) is 6.67. The molecule has 0 N–H and O–H groups in total. The minimum absolute atomic E-state index is 0.0780. The van der Waals surface area contributed by atoms with Crippen LogP contribution >= 0.6 is 0 Å². The van der Waals surface area contributed by atoms with E-state index in [4.69, 9.17) is 0 Å². The molecule has 2 fully saturated rings. The quantitative estimate of drug-likeness (QED) is 0.607. The van der Waals surface area contributed by atoms with Crippen molar-refractivity contribution in [3.63, 3.8) is 0 Å². The van der Waals surface area contributed by atoms with Crippen molar-refractivity contribution in [3.8, 4) is 0 Å². The molecule has 0 radical (unpaired) electrons. The number of pyridine rings is 1. The van der Waals surface area contributed by atoms with Crippen LogP contribution in [0, 0.1) is 12.8 Å². The fraction of sp³-hybridized carbons (Fsp3) is 0.739. The third kappa shape index (κ3) is 5.06. The van der Waals surface area contributed by atoms with E-state index in [0.29, 0.717) is 37.7 Å². The van der Waals surface area contributed by atoms with Crippen molar-refractivity contribution in [2.45, 2.75) is 83.2 Å². The second-order valence-corrected chi connectivity index (χ2v) is 11.2. The molecule has 0 bridgehead atoms. The average molecular weight is 451 g/mol. The Morgan fingerprint density at radius 3 is 2.48 bits per heavy atom. The first-order valence-electron chi connectivity index (χ1n) is 11.7. The fourth-order valence-electron chi connectivity index (χ4n) is 5.02. The molecular formula is C23H38N4O3S. The second kappa shape index (κ2) is 9.86. The van der Waals surface area contributed by atoms with Gasteiger partial charge in [0, 0.05) is 38.4 Å². The van der Waals surface area contributed by atoms with Gasteiger partial charge >= 0.3 is 0 Å². The number of hydrogen-bond donors (Lipinski definition) is 0. The van der Waals surface area contributed by atoms with Gasteiger partial charge in [-0.25, -0.2) is 13.4 Å². The Bertz CT molecular complexity index is 881. The van der Waals surface area contributed by atoms with E-state index in [1.54, 1.807) is 17.0 Å². The number of aromatic nitrogens is 1. The van der Waals surface area contributed by atoms with Crippen LogP contribution in [0.3, 0.4) is 0 Å². The zero-order valence-corrected chi connectivity index (χ0v) is 20.5. The highest BCUT2D eigenvalue weighted by atomic mass is 32.2. The summed E-state index contributed by atoms with van der Waals surface area (Å²) in [5, 5.41) is 0. The monoisotopic (exact) mass is 450 g/mol. The van der Waals surface area contributed by atoms with Crippen molar-refractivity contribution in [2.24, 2.45) is 5.92 Å². The summed E-state index contributed by atoms with van der Waals surface area (Å²) in [6.45, 7) is 9.68. The Labute approximate surface area is 187 Å². The number of rotatable bonds is 8. The molecule has 1 aromatic rings. The number of carbonyl (C=O) groups is 1. The standard InChI is InChI=1S/C23H38N4O3S/c1-6-26(17(2)3)22-21(14-13-18(4)24-22)31(29,30)27-15-9-12-20(27)23(28)25(5)16-19-10-7-8-11-19/h13-14,17,19-20H,6-12,15-16H2,1-5H3/t20-/m0/s1. The second-order valence-electron chi connectivity index (χ2n) is 9.30. The number of sulfonamides is 1. The zero-order chi connectivity index (χ0) is 22.8. The van der Waals surface area contributed by atoms with Gasteiger partial charge in [-0.2, -0.15) is 4.31 Å². The molecule has 0 spiro atoms. The minimum Gasteiger partial charge on any atom is -0.353 e. The van der Waals surface area contributed by atoms with Crippen LogP contribution in [0.25, 0.3) is 0 Å². The van der Waals surface area contributed by atoms with E-state index < -0.39 is 16.1 Å². The topological polar surface area (TPSA) is 73.8 Å². The largest absolute Gasteiger partial charge is 0.353 e. The highest BCUT2D eigenvalue weighted by Gasteiger charge is 2.42. The predicted octanol–water partition coefficient (Wildman–Crippen LogP) is 3.43. The molecule has 1 aliphatic carbocycles. The number of amides is 1. The summed E-state index contributed by atoms with van der Waals surface area (Å²) in [7, 11) is -2.03. The van der Waals surface area contributed by atoms with Gasteiger partial charge in [0.1, 0.15) is 16.8 Å². The fourth-order valence-corrected chi connectivity index (χ4v) is 6.81. The number of hydrogen-bond acceptors (Lipinski definition) is 5. The molecule has 1 amide bonds. The van der Waals surface area contributed by atoms with E-state index in [0.717, 1.165) is 25.1 Å². The van der Waals surface area contributed by atoms with Gasteiger partial charge in [-0.15, -0.1) is 0 Å². The number of nitrogens with zero attached hydrogens (tertiary/aromatic N) is 4. The van der Waals surface area contributed by atoms with Crippen molar-refractivity contribution < 1.29 is 13.2 Å². The zero-order valence-electron chi connectivity index (χ0n) is 19.7. The maximum absolute atomic E-state index is 13.8. The van der Waals surface area contributed by atoms with E-state index in [1.807, 2.05) is 39.6 Å². The Morgan fingerprint density at radius 2 is 1.87 bits per heavy atom. The van der Waals surface area contributed by atoms with Gasteiger partial charge in [0.15, 0.2) is 0 Å². The molecule has 0 aromatic carbocycles. The Kier molecular flexibility index (Phi) is 7.63. The third-order valence-corrected chi connectivity index (χ3v) is 8.60. The SMILES string of the molecule is CCN(c1nc(C)ccc1S(=O)(=O)N1CCC[C@H]1C(=O)N(C)CC1CCCC1)C(C)C.